The number of furan rings is 1. The van der Waals surface area contributed by atoms with E-state index in [1.807, 2.05) is 18.2 Å². The van der Waals surface area contributed by atoms with Gasteiger partial charge in [0.2, 0.25) is 0 Å². The standard InChI is InChI=1S/C18H16ClN3O3/c1-24-16-5-4-13(19)10-15(16)22-18(23)21-11-12-6-7-20-14(9-12)17-3-2-8-25-17/h2-10H,11H2,1H3,(H2,21,22,23). The van der Waals surface area contributed by atoms with Gasteiger partial charge >= 0.3 is 6.03 Å². The second kappa shape index (κ2) is 7.72. The van der Waals surface area contributed by atoms with Crippen LogP contribution in [0.5, 0.6) is 5.75 Å². The molecule has 0 radical (unpaired) electrons. The normalized spacial score (nSPS) is 10.3. The lowest BCUT2D eigenvalue weighted by atomic mass is 10.2. The molecule has 7 heteroatoms. The van der Waals surface area contributed by atoms with Gasteiger partial charge in [-0.1, -0.05) is 11.6 Å². The number of ether oxygens (including phenoxy) is 1. The molecule has 1 aromatic carbocycles. The van der Waals surface area contributed by atoms with Crippen LogP contribution in [0.25, 0.3) is 11.5 Å². The SMILES string of the molecule is COc1ccc(Cl)cc1NC(=O)NCc1ccnc(-c2ccco2)c1. The van der Waals surface area contributed by atoms with Crippen molar-refractivity contribution in [3.63, 3.8) is 0 Å². The monoisotopic (exact) mass is 357 g/mol. The minimum atomic E-state index is -0.364. The van der Waals surface area contributed by atoms with Gasteiger partial charge in [-0.3, -0.25) is 4.98 Å². The van der Waals surface area contributed by atoms with Crippen LogP contribution in [0.4, 0.5) is 10.5 Å². The molecular weight excluding hydrogens is 342 g/mol. The molecule has 0 aliphatic heterocycles. The summed E-state index contributed by atoms with van der Waals surface area (Å²) in [5.41, 5.74) is 2.11. The van der Waals surface area contributed by atoms with Gasteiger partial charge in [0.25, 0.3) is 0 Å². The fourth-order valence-electron chi connectivity index (χ4n) is 2.27. The molecule has 3 aromatic rings. The third-order valence-electron chi connectivity index (χ3n) is 3.46. The van der Waals surface area contributed by atoms with Gasteiger partial charge in [0.15, 0.2) is 5.76 Å². The quantitative estimate of drug-likeness (QED) is 0.712. The maximum atomic E-state index is 12.1. The number of halogens is 1. The van der Waals surface area contributed by atoms with E-state index < -0.39 is 0 Å². The number of carbonyl (C=O) groups excluding carboxylic acids is 1. The zero-order valence-corrected chi connectivity index (χ0v) is 14.2. The van der Waals surface area contributed by atoms with Gasteiger partial charge in [0, 0.05) is 17.8 Å². The fraction of sp³-hybridized carbons (Fsp3) is 0.111. The Hall–Kier alpha value is -2.99. The van der Waals surface area contributed by atoms with Gasteiger partial charge in [-0.05, 0) is 48.0 Å². The zero-order chi connectivity index (χ0) is 17.6. The predicted molar refractivity (Wildman–Crippen MR) is 95.8 cm³/mol. The molecule has 0 atom stereocenters. The van der Waals surface area contributed by atoms with E-state index in [-0.39, 0.29) is 6.03 Å². The zero-order valence-electron chi connectivity index (χ0n) is 13.5. The van der Waals surface area contributed by atoms with Crippen molar-refractivity contribution in [1.82, 2.24) is 10.3 Å². The van der Waals surface area contributed by atoms with Crippen molar-refractivity contribution in [2.75, 3.05) is 12.4 Å². The number of carbonyl (C=O) groups is 1. The first-order valence-corrected chi connectivity index (χ1v) is 7.90. The summed E-state index contributed by atoms with van der Waals surface area (Å²) in [4.78, 5) is 16.4. The number of nitrogens with one attached hydrogen (secondary N) is 2. The molecule has 6 nitrogen and oxygen atoms in total. The van der Waals surface area contributed by atoms with Crippen molar-refractivity contribution in [2.45, 2.75) is 6.54 Å². The lowest BCUT2D eigenvalue weighted by Gasteiger charge is -2.11. The second-order valence-corrected chi connectivity index (χ2v) is 5.62. The van der Waals surface area contributed by atoms with Crippen LogP contribution in [0.2, 0.25) is 5.02 Å². The lowest BCUT2D eigenvalue weighted by molar-refractivity contribution is 0.251. The first kappa shape index (κ1) is 16.9. The maximum Gasteiger partial charge on any atom is 0.319 e. The number of aromatic nitrogens is 1. The average molecular weight is 358 g/mol. The minimum Gasteiger partial charge on any atom is -0.495 e. The molecule has 3 rings (SSSR count). The van der Waals surface area contributed by atoms with Gasteiger partial charge in [-0.15, -0.1) is 0 Å². The van der Waals surface area contributed by atoms with Crippen molar-refractivity contribution in [2.24, 2.45) is 0 Å². The van der Waals surface area contributed by atoms with Gasteiger partial charge in [0.05, 0.1) is 19.1 Å². The molecule has 2 N–H and O–H groups in total. The smallest absolute Gasteiger partial charge is 0.319 e. The summed E-state index contributed by atoms with van der Waals surface area (Å²) < 4.78 is 10.5. The molecule has 0 spiro atoms. The Balaban J connectivity index is 1.63. The molecule has 0 saturated carbocycles. The van der Waals surface area contributed by atoms with Crippen LogP contribution in [-0.2, 0) is 6.54 Å². The highest BCUT2D eigenvalue weighted by Gasteiger charge is 2.09. The van der Waals surface area contributed by atoms with E-state index in [0.717, 1.165) is 5.56 Å². The van der Waals surface area contributed by atoms with E-state index in [9.17, 15) is 4.79 Å². The Morgan fingerprint density at radius 2 is 2.16 bits per heavy atom. The summed E-state index contributed by atoms with van der Waals surface area (Å²) in [6, 6.07) is 12.0. The van der Waals surface area contributed by atoms with Crippen LogP contribution in [0.1, 0.15) is 5.56 Å². The Bertz CT molecular complexity index is 866. The molecule has 0 aliphatic rings. The van der Waals surface area contributed by atoms with Crippen molar-refractivity contribution in [3.8, 4) is 17.2 Å². The number of nitrogens with zero attached hydrogens (tertiary/aromatic N) is 1. The van der Waals surface area contributed by atoms with Gasteiger partial charge in [0.1, 0.15) is 11.4 Å². The topological polar surface area (TPSA) is 76.4 Å². The van der Waals surface area contributed by atoms with Crippen LogP contribution >= 0.6 is 11.6 Å². The molecule has 128 valence electrons. The highest BCUT2D eigenvalue weighted by molar-refractivity contribution is 6.31. The predicted octanol–water partition coefficient (Wildman–Crippen LogP) is 4.33. The van der Waals surface area contributed by atoms with Crippen LogP contribution < -0.4 is 15.4 Å². The van der Waals surface area contributed by atoms with E-state index in [1.54, 1.807) is 36.7 Å². The number of urea groups is 1. The van der Waals surface area contributed by atoms with Gasteiger partial charge in [-0.2, -0.15) is 0 Å². The highest BCUT2D eigenvalue weighted by atomic mass is 35.5. The minimum absolute atomic E-state index is 0.338. The average Bonchev–Trinajstić information content (AvgIpc) is 3.15. The van der Waals surface area contributed by atoms with Crippen LogP contribution in [-0.4, -0.2) is 18.1 Å². The summed E-state index contributed by atoms with van der Waals surface area (Å²) in [6.45, 7) is 0.338. The molecule has 2 heterocycles. The number of pyridine rings is 1. The molecule has 0 aliphatic carbocycles. The van der Waals surface area contributed by atoms with E-state index in [1.165, 1.54) is 7.11 Å². The van der Waals surface area contributed by atoms with E-state index >= 15 is 0 Å². The van der Waals surface area contributed by atoms with Crippen LogP contribution in [0.3, 0.4) is 0 Å². The van der Waals surface area contributed by atoms with Crippen molar-refractivity contribution >= 4 is 23.3 Å². The number of hydrogen-bond donors (Lipinski definition) is 2. The number of amides is 2. The first-order valence-electron chi connectivity index (χ1n) is 7.53. The first-order chi connectivity index (χ1) is 12.2. The van der Waals surface area contributed by atoms with Crippen molar-refractivity contribution < 1.29 is 13.9 Å². The fourth-order valence-corrected chi connectivity index (χ4v) is 2.44. The molecule has 25 heavy (non-hydrogen) atoms. The van der Waals surface area contributed by atoms with Crippen molar-refractivity contribution in [1.29, 1.82) is 0 Å². The Labute approximate surface area is 149 Å². The molecular formula is C18H16ClN3O3. The van der Waals surface area contributed by atoms with Gasteiger partial charge in [-0.25, -0.2) is 4.79 Å². The molecule has 0 fully saturated rings. The number of hydrogen-bond acceptors (Lipinski definition) is 4. The Morgan fingerprint density at radius 3 is 2.92 bits per heavy atom. The third kappa shape index (κ3) is 4.30. The molecule has 0 bridgehead atoms. The number of methoxy groups -OCH3 is 1. The summed E-state index contributed by atoms with van der Waals surface area (Å²) in [7, 11) is 1.53. The molecule has 2 aromatic heterocycles. The third-order valence-corrected chi connectivity index (χ3v) is 3.70. The summed E-state index contributed by atoms with van der Waals surface area (Å²) in [5, 5.41) is 6.01. The lowest BCUT2D eigenvalue weighted by Crippen LogP contribution is -2.28. The summed E-state index contributed by atoms with van der Waals surface area (Å²) in [6.07, 6.45) is 3.26. The van der Waals surface area contributed by atoms with Gasteiger partial charge < -0.3 is 19.8 Å². The molecule has 0 saturated heterocycles. The Morgan fingerprint density at radius 1 is 1.28 bits per heavy atom. The Kier molecular flexibility index (Phi) is 5.20. The summed E-state index contributed by atoms with van der Waals surface area (Å²) >= 11 is 5.95. The van der Waals surface area contributed by atoms with Crippen LogP contribution in [0, 0.1) is 0 Å². The van der Waals surface area contributed by atoms with E-state index in [2.05, 4.69) is 15.6 Å². The number of anilines is 1. The van der Waals surface area contributed by atoms with Crippen LogP contribution in [0.15, 0.2) is 59.3 Å². The highest BCUT2D eigenvalue weighted by Crippen LogP contribution is 2.27. The second-order valence-electron chi connectivity index (χ2n) is 5.18. The maximum absolute atomic E-state index is 12.1. The molecule has 0 unspecified atom stereocenters. The summed E-state index contributed by atoms with van der Waals surface area (Å²) in [5.74, 6) is 1.21. The largest absolute Gasteiger partial charge is 0.495 e. The number of rotatable bonds is 5. The molecule has 2 amide bonds. The van der Waals surface area contributed by atoms with E-state index in [4.69, 9.17) is 20.8 Å². The van der Waals surface area contributed by atoms with E-state index in [0.29, 0.717) is 34.5 Å². The van der Waals surface area contributed by atoms with Crippen molar-refractivity contribution in [3.05, 3.63) is 65.5 Å². The number of benzene rings is 1.